The topological polar surface area (TPSA) is 21.3 Å². The SMILES string of the molecule is CCNCc1ccc(COc2ccc(F)c(F)c2)c(Br)c1. The fourth-order valence-electron chi connectivity index (χ4n) is 1.81. The van der Waals surface area contributed by atoms with Crippen LogP contribution in [-0.4, -0.2) is 6.54 Å². The van der Waals surface area contributed by atoms with Gasteiger partial charge in [-0.3, -0.25) is 0 Å². The van der Waals surface area contributed by atoms with Crippen molar-refractivity contribution in [2.45, 2.75) is 20.1 Å². The third-order valence-corrected chi connectivity index (χ3v) is 3.72. The Morgan fingerprint density at radius 2 is 1.90 bits per heavy atom. The number of hydrogen-bond acceptors (Lipinski definition) is 2. The van der Waals surface area contributed by atoms with Gasteiger partial charge in [0.25, 0.3) is 0 Å². The summed E-state index contributed by atoms with van der Waals surface area (Å²) in [6.45, 7) is 4.06. The molecule has 0 aliphatic carbocycles. The molecule has 0 saturated carbocycles. The van der Waals surface area contributed by atoms with Crippen LogP contribution in [0.5, 0.6) is 5.75 Å². The molecule has 1 N–H and O–H groups in total. The Balaban J connectivity index is 2.01. The normalized spacial score (nSPS) is 10.7. The van der Waals surface area contributed by atoms with E-state index in [1.165, 1.54) is 11.6 Å². The van der Waals surface area contributed by atoms with Crippen molar-refractivity contribution in [2.24, 2.45) is 0 Å². The van der Waals surface area contributed by atoms with Crippen LogP contribution in [0.25, 0.3) is 0 Å². The lowest BCUT2D eigenvalue weighted by atomic mass is 10.1. The Kier molecular flexibility index (Phi) is 5.70. The minimum absolute atomic E-state index is 0.285. The average molecular weight is 356 g/mol. The highest BCUT2D eigenvalue weighted by atomic mass is 79.9. The van der Waals surface area contributed by atoms with E-state index in [9.17, 15) is 8.78 Å². The highest BCUT2D eigenvalue weighted by Crippen LogP contribution is 2.22. The molecule has 2 aromatic carbocycles. The quantitative estimate of drug-likeness (QED) is 0.828. The number of benzene rings is 2. The molecule has 0 atom stereocenters. The van der Waals surface area contributed by atoms with Gasteiger partial charge in [0.05, 0.1) is 0 Å². The fourth-order valence-corrected chi connectivity index (χ4v) is 2.36. The molecule has 2 aromatic rings. The molecule has 112 valence electrons. The van der Waals surface area contributed by atoms with E-state index in [1.54, 1.807) is 0 Å². The molecular formula is C16H16BrF2NO. The first-order valence-corrected chi connectivity index (χ1v) is 7.45. The number of hydrogen-bond donors (Lipinski definition) is 1. The molecule has 0 aliphatic heterocycles. The number of nitrogens with one attached hydrogen (secondary N) is 1. The van der Waals surface area contributed by atoms with Gasteiger partial charge >= 0.3 is 0 Å². The molecule has 0 saturated heterocycles. The highest BCUT2D eigenvalue weighted by Gasteiger charge is 2.06. The molecular weight excluding hydrogens is 340 g/mol. The van der Waals surface area contributed by atoms with E-state index in [4.69, 9.17) is 4.74 Å². The highest BCUT2D eigenvalue weighted by molar-refractivity contribution is 9.10. The molecule has 0 aliphatic rings. The second kappa shape index (κ2) is 7.52. The molecule has 0 unspecified atom stereocenters. The van der Waals surface area contributed by atoms with Crippen LogP contribution < -0.4 is 10.1 Å². The number of ether oxygens (including phenoxy) is 1. The summed E-state index contributed by atoms with van der Waals surface area (Å²) in [5.41, 5.74) is 2.11. The molecule has 2 nitrogen and oxygen atoms in total. The Bertz CT molecular complexity index is 619. The monoisotopic (exact) mass is 355 g/mol. The third-order valence-electron chi connectivity index (χ3n) is 2.98. The van der Waals surface area contributed by atoms with Gasteiger partial charge in [-0.25, -0.2) is 8.78 Å². The molecule has 0 fully saturated rings. The first kappa shape index (κ1) is 15.9. The van der Waals surface area contributed by atoms with Crippen LogP contribution in [0.15, 0.2) is 40.9 Å². The maximum atomic E-state index is 13.1. The lowest BCUT2D eigenvalue weighted by Crippen LogP contribution is -2.11. The van der Waals surface area contributed by atoms with Crippen molar-refractivity contribution in [3.63, 3.8) is 0 Å². The zero-order chi connectivity index (χ0) is 15.2. The Hall–Kier alpha value is -1.46. The van der Waals surface area contributed by atoms with Gasteiger partial charge in [-0.05, 0) is 30.3 Å². The van der Waals surface area contributed by atoms with Crippen molar-refractivity contribution in [3.05, 3.63) is 63.6 Å². The fraction of sp³-hybridized carbons (Fsp3) is 0.250. The van der Waals surface area contributed by atoms with Crippen molar-refractivity contribution < 1.29 is 13.5 Å². The van der Waals surface area contributed by atoms with E-state index >= 15 is 0 Å². The van der Waals surface area contributed by atoms with Crippen LogP contribution in [0, 0.1) is 11.6 Å². The van der Waals surface area contributed by atoms with Crippen molar-refractivity contribution >= 4 is 15.9 Å². The molecule has 21 heavy (non-hydrogen) atoms. The second-order valence-electron chi connectivity index (χ2n) is 4.57. The smallest absolute Gasteiger partial charge is 0.162 e. The van der Waals surface area contributed by atoms with Crippen LogP contribution in [-0.2, 0) is 13.2 Å². The maximum Gasteiger partial charge on any atom is 0.162 e. The van der Waals surface area contributed by atoms with Gasteiger partial charge in [-0.2, -0.15) is 0 Å². The van der Waals surface area contributed by atoms with Crippen LogP contribution >= 0.6 is 15.9 Å². The lowest BCUT2D eigenvalue weighted by molar-refractivity contribution is 0.302. The minimum Gasteiger partial charge on any atom is -0.489 e. The molecule has 5 heteroatoms. The van der Waals surface area contributed by atoms with E-state index in [1.807, 2.05) is 18.2 Å². The Morgan fingerprint density at radius 3 is 2.57 bits per heavy atom. The van der Waals surface area contributed by atoms with Gasteiger partial charge in [0.2, 0.25) is 0 Å². The van der Waals surface area contributed by atoms with Gasteiger partial charge in [-0.15, -0.1) is 0 Å². The summed E-state index contributed by atoms with van der Waals surface area (Å²) in [4.78, 5) is 0. The minimum atomic E-state index is -0.910. The lowest BCUT2D eigenvalue weighted by Gasteiger charge is -2.10. The zero-order valence-electron chi connectivity index (χ0n) is 11.6. The third kappa shape index (κ3) is 4.51. The summed E-state index contributed by atoms with van der Waals surface area (Å²) in [6, 6.07) is 9.49. The van der Waals surface area contributed by atoms with E-state index in [2.05, 4.69) is 28.2 Å². The van der Waals surface area contributed by atoms with E-state index in [0.29, 0.717) is 5.75 Å². The molecule has 0 bridgehead atoms. The maximum absolute atomic E-state index is 13.1. The summed E-state index contributed by atoms with van der Waals surface area (Å²) >= 11 is 3.50. The average Bonchev–Trinajstić information content (AvgIpc) is 2.47. The molecule has 2 rings (SSSR count). The van der Waals surface area contributed by atoms with E-state index in [-0.39, 0.29) is 6.61 Å². The zero-order valence-corrected chi connectivity index (χ0v) is 13.2. The van der Waals surface area contributed by atoms with Gasteiger partial charge in [-0.1, -0.05) is 35.0 Å². The van der Waals surface area contributed by atoms with Crippen LogP contribution in [0.1, 0.15) is 18.1 Å². The van der Waals surface area contributed by atoms with Crippen LogP contribution in [0.4, 0.5) is 8.78 Å². The van der Waals surface area contributed by atoms with Crippen molar-refractivity contribution in [1.29, 1.82) is 0 Å². The molecule has 0 radical (unpaired) electrons. The summed E-state index contributed by atoms with van der Waals surface area (Å²) < 4.78 is 32.3. The standard InChI is InChI=1S/C16H16BrF2NO/c1-2-20-9-11-3-4-12(14(17)7-11)10-21-13-5-6-15(18)16(19)8-13/h3-8,20H,2,9-10H2,1H3. The van der Waals surface area contributed by atoms with Crippen LogP contribution in [0.2, 0.25) is 0 Å². The second-order valence-corrected chi connectivity index (χ2v) is 5.43. The van der Waals surface area contributed by atoms with E-state index in [0.717, 1.165) is 35.3 Å². The van der Waals surface area contributed by atoms with Gasteiger partial charge < -0.3 is 10.1 Å². The van der Waals surface area contributed by atoms with Crippen LogP contribution in [0.3, 0.4) is 0 Å². The largest absolute Gasteiger partial charge is 0.489 e. The summed E-state index contributed by atoms with van der Waals surface area (Å²) in [6.07, 6.45) is 0. The number of rotatable bonds is 6. The molecule has 0 aromatic heterocycles. The molecule has 0 amide bonds. The van der Waals surface area contributed by atoms with Gasteiger partial charge in [0.15, 0.2) is 11.6 Å². The Morgan fingerprint density at radius 1 is 1.10 bits per heavy atom. The molecule has 0 heterocycles. The van der Waals surface area contributed by atoms with Crippen molar-refractivity contribution in [1.82, 2.24) is 5.32 Å². The van der Waals surface area contributed by atoms with Gasteiger partial charge in [0.1, 0.15) is 12.4 Å². The van der Waals surface area contributed by atoms with Crippen molar-refractivity contribution in [3.8, 4) is 5.75 Å². The number of halogens is 3. The van der Waals surface area contributed by atoms with E-state index < -0.39 is 11.6 Å². The Labute approximate surface area is 131 Å². The summed E-state index contributed by atoms with van der Waals surface area (Å²) in [5.74, 6) is -1.48. The predicted octanol–water partition coefficient (Wildman–Crippen LogP) is 4.42. The molecule has 0 spiro atoms. The first-order chi connectivity index (χ1) is 10.1. The summed E-state index contributed by atoms with van der Waals surface area (Å²) in [5, 5.41) is 3.25. The van der Waals surface area contributed by atoms with Crippen molar-refractivity contribution in [2.75, 3.05) is 6.54 Å². The summed E-state index contributed by atoms with van der Waals surface area (Å²) in [7, 11) is 0. The van der Waals surface area contributed by atoms with Gasteiger partial charge in [0, 0.05) is 22.6 Å². The predicted molar refractivity (Wildman–Crippen MR) is 82.2 cm³/mol. The first-order valence-electron chi connectivity index (χ1n) is 6.66.